The number of hydrogen-bond acceptors (Lipinski definition) is 1. The van der Waals surface area contributed by atoms with Crippen LogP contribution in [0, 0.1) is 0 Å². The predicted octanol–water partition coefficient (Wildman–Crippen LogP) is 4.25. The van der Waals surface area contributed by atoms with Crippen LogP contribution in [-0.2, 0) is 0 Å². The molecule has 1 rings (SSSR count). The molecule has 1 aromatic carbocycles. The highest BCUT2D eigenvalue weighted by atomic mass is 35.5. The Morgan fingerprint density at radius 1 is 1.25 bits per heavy atom. The fourth-order valence-corrected chi connectivity index (χ4v) is 1.17. The fraction of sp³-hybridized carbons (Fsp3) is 0.182. The summed E-state index contributed by atoms with van der Waals surface area (Å²) in [5.74, 6) is 0. The van der Waals surface area contributed by atoms with Crippen LogP contribution in [0.2, 0.25) is 0 Å². The van der Waals surface area contributed by atoms with Gasteiger partial charge in [-0.05, 0) is 18.6 Å². The second-order valence-electron chi connectivity index (χ2n) is 3.10. The average Bonchev–Trinajstić information content (AvgIpc) is 2.17. The molecule has 0 saturated heterocycles. The van der Waals surface area contributed by atoms with Crippen LogP contribution in [0.25, 0.3) is 6.08 Å². The summed E-state index contributed by atoms with van der Waals surface area (Å²) < 4.78 is 36.2. The number of aliphatic imine (C=N–C) groups is 1. The molecule has 0 spiro atoms. The Labute approximate surface area is 96.3 Å². The van der Waals surface area contributed by atoms with Crippen LogP contribution in [0.1, 0.15) is 12.5 Å². The van der Waals surface area contributed by atoms with Gasteiger partial charge in [0.2, 0.25) is 5.17 Å². The molecule has 5 heteroatoms. The zero-order valence-electron chi connectivity index (χ0n) is 8.42. The summed E-state index contributed by atoms with van der Waals surface area (Å²) in [5, 5.41) is -1.36. The number of halogens is 4. The monoisotopic (exact) mass is 247 g/mol. The molecule has 0 unspecified atom stereocenters. The molecule has 0 fully saturated rings. The average molecular weight is 248 g/mol. The third kappa shape index (κ3) is 4.06. The molecule has 86 valence electrons. The van der Waals surface area contributed by atoms with Crippen molar-refractivity contribution in [1.82, 2.24) is 0 Å². The van der Waals surface area contributed by atoms with Crippen molar-refractivity contribution in [1.29, 1.82) is 0 Å². The van der Waals surface area contributed by atoms with Gasteiger partial charge in [-0.25, -0.2) is 4.99 Å². The Balaban J connectivity index is 2.88. The van der Waals surface area contributed by atoms with Crippen LogP contribution in [0.15, 0.2) is 41.0 Å². The van der Waals surface area contributed by atoms with Gasteiger partial charge in [0, 0.05) is 5.70 Å². The largest absolute Gasteiger partial charge is 0.444 e. The summed E-state index contributed by atoms with van der Waals surface area (Å²) in [7, 11) is 0. The molecule has 0 heterocycles. The first-order valence-corrected chi connectivity index (χ1v) is 4.82. The lowest BCUT2D eigenvalue weighted by molar-refractivity contribution is -0.0559. The summed E-state index contributed by atoms with van der Waals surface area (Å²) in [5.41, 5.74) is 0.976. The quantitative estimate of drug-likeness (QED) is 0.693. The Bertz CT molecular complexity index is 407. The Hall–Kier alpha value is -1.29. The van der Waals surface area contributed by atoms with E-state index in [0.717, 1.165) is 5.56 Å². The Kier molecular flexibility index (Phi) is 4.12. The van der Waals surface area contributed by atoms with Crippen LogP contribution >= 0.6 is 11.6 Å². The van der Waals surface area contributed by atoms with E-state index in [4.69, 9.17) is 11.6 Å². The van der Waals surface area contributed by atoms with Crippen molar-refractivity contribution in [3.05, 3.63) is 41.6 Å². The van der Waals surface area contributed by atoms with Gasteiger partial charge >= 0.3 is 6.18 Å². The standard InChI is InChI=1S/C11H9ClF3N/c1-8(16-10(12)11(13,14)15)7-9-5-3-2-4-6-9/h2-7H,1H3/b8-7+,16-10+. The molecule has 0 aliphatic carbocycles. The minimum Gasteiger partial charge on any atom is -0.237 e. The number of benzene rings is 1. The van der Waals surface area contributed by atoms with Crippen molar-refractivity contribution in [2.75, 3.05) is 0 Å². The molecule has 16 heavy (non-hydrogen) atoms. The normalized spacial score (nSPS) is 14.1. The minimum absolute atomic E-state index is 0.202. The SMILES string of the molecule is CC(=C\c1ccccc1)/N=C(/Cl)C(F)(F)F. The van der Waals surface area contributed by atoms with Crippen LogP contribution in [0.3, 0.4) is 0 Å². The van der Waals surface area contributed by atoms with Crippen LogP contribution in [0.5, 0.6) is 0 Å². The first-order valence-electron chi connectivity index (χ1n) is 4.44. The minimum atomic E-state index is -4.59. The maximum absolute atomic E-state index is 12.1. The van der Waals surface area contributed by atoms with E-state index in [1.54, 1.807) is 24.3 Å². The maximum Gasteiger partial charge on any atom is 0.444 e. The second kappa shape index (κ2) is 5.16. The highest BCUT2D eigenvalue weighted by Gasteiger charge is 2.34. The molecule has 0 radical (unpaired) electrons. The molecule has 0 N–H and O–H groups in total. The highest BCUT2D eigenvalue weighted by Crippen LogP contribution is 2.21. The summed E-state index contributed by atoms with van der Waals surface area (Å²) >= 11 is 5.00. The first kappa shape index (κ1) is 12.8. The third-order valence-corrected chi connectivity index (χ3v) is 1.98. The molecule has 0 saturated carbocycles. The van der Waals surface area contributed by atoms with Crippen LogP contribution < -0.4 is 0 Å². The molecule has 0 atom stereocenters. The summed E-state index contributed by atoms with van der Waals surface area (Å²) in [6, 6.07) is 8.92. The van der Waals surface area contributed by atoms with Crippen molar-refractivity contribution >= 4 is 22.8 Å². The van der Waals surface area contributed by atoms with Gasteiger partial charge in [0.25, 0.3) is 0 Å². The Morgan fingerprint density at radius 2 is 1.81 bits per heavy atom. The highest BCUT2D eigenvalue weighted by molar-refractivity contribution is 6.67. The molecule has 1 nitrogen and oxygen atoms in total. The molecule has 0 bridgehead atoms. The number of allylic oxidation sites excluding steroid dienone is 1. The van der Waals surface area contributed by atoms with E-state index in [1.165, 1.54) is 13.0 Å². The van der Waals surface area contributed by atoms with E-state index in [0.29, 0.717) is 0 Å². The van der Waals surface area contributed by atoms with Gasteiger partial charge in [0.15, 0.2) is 0 Å². The van der Waals surface area contributed by atoms with E-state index < -0.39 is 11.3 Å². The zero-order valence-corrected chi connectivity index (χ0v) is 9.18. The van der Waals surface area contributed by atoms with Crippen molar-refractivity contribution < 1.29 is 13.2 Å². The first-order chi connectivity index (χ1) is 7.39. The van der Waals surface area contributed by atoms with Gasteiger partial charge in [-0.15, -0.1) is 0 Å². The van der Waals surface area contributed by atoms with E-state index in [1.807, 2.05) is 6.07 Å². The van der Waals surface area contributed by atoms with Gasteiger partial charge in [0.05, 0.1) is 0 Å². The number of rotatable bonds is 2. The third-order valence-electron chi connectivity index (χ3n) is 1.68. The molecule has 0 aromatic heterocycles. The maximum atomic E-state index is 12.1. The van der Waals surface area contributed by atoms with Gasteiger partial charge in [-0.1, -0.05) is 41.9 Å². The summed E-state index contributed by atoms with van der Waals surface area (Å²) in [6.45, 7) is 1.46. The van der Waals surface area contributed by atoms with Gasteiger partial charge in [-0.3, -0.25) is 0 Å². The smallest absolute Gasteiger partial charge is 0.237 e. The number of nitrogens with zero attached hydrogens (tertiary/aromatic N) is 1. The topological polar surface area (TPSA) is 12.4 Å². The molecular formula is C11H9ClF3N. The van der Waals surface area contributed by atoms with Gasteiger partial charge < -0.3 is 0 Å². The Morgan fingerprint density at radius 3 is 2.31 bits per heavy atom. The van der Waals surface area contributed by atoms with Gasteiger partial charge in [-0.2, -0.15) is 13.2 Å². The molecule has 0 aliphatic heterocycles. The lowest BCUT2D eigenvalue weighted by atomic mass is 10.2. The van der Waals surface area contributed by atoms with E-state index >= 15 is 0 Å². The zero-order chi connectivity index (χ0) is 12.2. The second-order valence-corrected chi connectivity index (χ2v) is 3.45. The van der Waals surface area contributed by atoms with E-state index in [9.17, 15) is 13.2 Å². The van der Waals surface area contributed by atoms with Crippen LogP contribution in [-0.4, -0.2) is 11.3 Å². The van der Waals surface area contributed by atoms with Crippen molar-refractivity contribution in [3.63, 3.8) is 0 Å². The van der Waals surface area contributed by atoms with Crippen molar-refractivity contribution in [3.8, 4) is 0 Å². The lowest BCUT2D eigenvalue weighted by Gasteiger charge is -2.03. The lowest BCUT2D eigenvalue weighted by Crippen LogP contribution is -2.16. The van der Waals surface area contributed by atoms with Crippen molar-refractivity contribution in [2.24, 2.45) is 4.99 Å². The molecule has 0 amide bonds. The number of alkyl halides is 3. The molecular weight excluding hydrogens is 239 g/mol. The summed E-state index contributed by atoms with van der Waals surface area (Å²) in [4.78, 5) is 3.26. The fourth-order valence-electron chi connectivity index (χ4n) is 1.04. The molecule has 1 aromatic rings. The van der Waals surface area contributed by atoms with Crippen molar-refractivity contribution in [2.45, 2.75) is 13.1 Å². The van der Waals surface area contributed by atoms with Crippen LogP contribution in [0.4, 0.5) is 13.2 Å². The van der Waals surface area contributed by atoms with E-state index in [-0.39, 0.29) is 5.70 Å². The summed E-state index contributed by atoms with van der Waals surface area (Å²) in [6.07, 6.45) is -3.07. The van der Waals surface area contributed by atoms with E-state index in [2.05, 4.69) is 4.99 Å². The predicted molar refractivity (Wildman–Crippen MR) is 59.4 cm³/mol. The number of hydrogen-bond donors (Lipinski definition) is 0. The van der Waals surface area contributed by atoms with Gasteiger partial charge in [0.1, 0.15) is 0 Å². The molecule has 0 aliphatic rings.